The summed E-state index contributed by atoms with van der Waals surface area (Å²) in [5.74, 6) is 0.345. The van der Waals surface area contributed by atoms with Gasteiger partial charge in [-0.3, -0.25) is 4.79 Å². The van der Waals surface area contributed by atoms with E-state index in [1.165, 1.54) is 24.5 Å². The summed E-state index contributed by atoms with van der Waals surface area (Å²) in [7, 11) is -3.23. The smallest absolute Gasteiger partial charge is 0.258 e. The first-order chi connectivity index (χ1) is 22.4. The highest BCUT2D eigenvalue weighted by Crippen LogP contribution is 2.45. The van der Waals surface area contributed by atoms with Crippen LogP contribution in [-0.4, -0.2) is 110 Å². The Kier molecular flexibility index (Phi) is 10.0. The third kappa shape index (κ3) is 7.71. The number of halogens is 2. The van der Waals surface area contributed by atoms with E-state index in [1.807, 2.05) is 13.8 Å². The van der Waals surface area contributed by atoms with E-state index in [-0.39, 0.29) is 65.5 Å². The lowest BCUT2D eigenvalue weighted by molar-refractivity contribution is -0.0299. The van der Waals surface area contributed by atoms with Crippen LogP contribution in [-0.2, 0) is 14.8 Å². The van der Waals surface area contributed by atoms with Crippen LogP contribution in [0.1, 0.15) is 69.7 Å². The van der Waals surface area contributed by atoms with Crippen molar-refractivity contribution in [3.05, 3.63) is 42.1 Å². The highest BCUT2D eigenvalue weighted by molar-refractivity contribution is 7.89. The quantitative estimate of drug-likeness (QED) is 0.375. The second-order valence-electron chi connectivity index (χ2n) is 13.9. The van der Waals surface area contributed by atoms with Gasteiger partial charge in [-0.15, -0.1) is 0 Å². The number of carbonyl (C=O) groups is 1. The van der Waals surface area contributed by atoms with Gasteiger partial charge in [-0.05, 0) is 90.6 Å². The summed E-state index contributed by atoms with van der Waals surface area (Å²) in [5, 5.41) is 0. The summed E-state index contributed by atoms with van der Waals surface area (Å²) < 4.78 is 66.9. The summed E-state index contributed by atoms with van der Waals surface area (Å²) in [5.41, 5.74) is 0.254. The molecule has 0 radical (unpaired) electrons. The zero-order valence-electron chi connectivity index (χ0n) is 27.4. The van der Waals surface area contributed by atoms with Gasteiger partial charge in [0.2, 0.25) is 10.0 Å². The number of sulfonamides is 1. The molecule has 258 valence electrons. The van der Waals surface area contributed by atoms with Crippen molar-refractivity contribution >= 4 is 21.7 Å². The minimum atomic E-state index is -3.23. The van der Waals surface area contributed by atoms with Crippen molar-refractivity contribution in [2.75, 3.05) is 50.0 Å². The molecule has 2 atom stereocenters. The van der Waals surface area contributed by atoms with Crippen LogP contribution >= 0.6 is 0 Å². The molecule has 2 aromatic rings. The molecule has 1 spiro atoms. The number of ether oxygens (including phenoxy) is 2. The molecule has 1 aliphatic carbocycles. The summed E-state index contributed by atoms with van der Waals surface area (Å²) >= 11 is 0. The third-order valence-electron chi connectivity index (χ3n) is 10.1. The van der Waals surface area contributed by atoms with E-state index in [2.05, 4.69) is 24.5 Å². The molecule has 1 amide bonds. The lowest BCUT2D eigenvalue weighted by atomic mass is 9.72. The van der Waals surface area contributed by atoms with Gasteiger partial charge in [-0.2, -0.15) is 0 Å². The van der Waals surface area contributed by atoms with Gasteiger partial charge in [0, 0.05) is 43.2 Å². The van der Waals surface area contributed by atoms with Gasteiger partial charge in [-0.1, -0.05) is 0 Å². The Morgan fingerprint density at radius 2 is 1.94 bits per heavy atom. The molecule has 0 bridgehead atoms. The lowest BCUT2D eigenvalue weighted by Crippen LogP contribution is -2.61. The zero-order chi connectivity index (χ0) is 33.3. The number of nitrogens with one attached hydrogen (secondary N) is 1. The topological polar surface area (TPSA) is 117 Å². The van der Waals surface area contributed by atoms with Crippen molar-refractivity contribution in [2.45, 2.75) is 89.7 Å². The standard InChI is InChI=1S/C33H46F2N6O5S/c1-4-47(43,44)38-25-6-7-27(45-18-25)17-39-11-9-33(10-12-39)19-40(20-33)31-30(16-36-21-37-31)46-29-8-5-23(34)15-28(29)32(42)41(22(2)3)26-13-24(35)14-26/h5,8,15-16,21-22,24-27,38H,4,6-7,9-14,17-20H2,1-3H3/t24-,25-,26-,27+/m1/s1. The van der Waals surface area contributed by atoms with Crippen molar-refractivity contribution in [3.63, 3.8) is 0 Å². The van der Waals surface area contributed by atoms with Crippen LogP contribution < -0.4 is 14.4 Å². The maximum Gasteiger partial charge on any atom is 0.258 e. The summed E-state index contributed by atoms with van der Waals surface area (Å²) in [6.07, 6.45) is 6.47. The normalized spacial score (nSPS) is 26.1. The van der Waals surface area contributed by atoms with E-state index < -0.39 is 22.0 Å². The van der Waals surface area contributed by atoms with Crippen LogP contribution in [0.5, 0.6) is 11.5 Å². The Labute approximate surface area is 276 Å². The van der Waals surface area contributed by atoms with Gasteiger partial charge in [0.05, 0.1) is 30.2 Å². The Hall–Kier alpha value is -2.94. The lowest BCUT2D eigenvalue weighted by Gasteiger charge is -2.54. The molecule has 11 nitrogen and oxygen atoms in total. The molecule has 1 aromatic carbocycles. The second-order valence-corrected chi connectivity index (χ2v) is 15.9. The molecular weight excluding hydrogens is 630 g/mol. The fourth-order valence-electron chi connectivity index (χ4n) is 7.31. The van der Waals surface area contributed by atoms with Crippen LogP contribution in [0, 0.1) is 11.2 Å². The molecule has 1 saturated carbocycles. The molecule has 3 saturated heterocycles. The number of hydrogen-bond donors (Lipinski definition) is 1. The van der Waals surface area contributed by atoms with E-state index in [0.717, 1.165) is 58.4 Å². The van der Waals surface area contributed by atoms with E-state index >= 15 is 0 Å². The van der Waals surface area contributed by atoms with Gasteiger partial charge in [0.25, 0.3) is 5.91 Å². The number of hydrogen-bond acceptors (Lipinski definition) is 9. The van der Waals surface area contributed by atoms with Gasteiger partial charge < -0.3 is 24.2 Å². The first-order valence-corrected chi connectivity index (χ1v) is 18.4. The Morgan fingerprint density at radius 3 is 2.57 bits per heavy atom. The highest BCUT2D eigenvalue weighted by atomic mass is 32.2. The number of amides is 1. The molecule has 1 N–H and O–H groups in total. The fraction of sp³-hybridized carbons (Fsp3) is 0.667. The molecular formula is C33H46F2N6O5S. The van der Waals surface area contributed by atoms with Crippen molar-refractivity contribution in [3.8, 4) is 11.5 Å². The first kappa shape index (κ1) is 33.9. The van der Waals surface area contributed by atoms with Crippen molar-refractivity contribution in [1.29, 1.82) is 0 Å². The van der Waals surface area contributed by atoms with Gasteiger partial charge in [0.15, 0.2) is 11.6 Å². The number of anilines is 1. The SMILES string of the molecule is CCS(=O)(=O)N[C@@H]1CC[C@@H](CN2CCC3(CC2)CN(c2ncncc2Oc2ccc(F)cc2C(=O)N(C(C)C)[C@H]2C[C@H](F)C2)C3)OC1. The Bertz CT molecular complexity index is 1520. The molecule has 14 heteroatoms. The molecule has 6 rings (SSSR count). The fourth-order valence-corrected chi connectivity index (χ4v) is 8.17. The number of carbonyl (C=O) groups excluding carboxylic acids is 1. The predicted octanol–water partition coefficient (Wildman–Crippen LogP) is 4.15. The number of rotatable bonds is 11. The number of aromatic nitrogens is 2. The number of piperidine rings is 1. The highest BCUT2D eigenvalue weighted by Gasteiger charge is 2.46. The maximum atomic E-state index is 14.4. The van der Waals surface area contributed by atoms with Crippen LogP contribution in [0.15, 0.2) is 30.7 Å². The Balaban J connectivity index is 1.04. The molecule has 0 unspecified atom stereocenters. The first-order valence-electron chi connectivity index (χ1n) is 16.8. The number of benzene rings is 1. The van der Waals surface area contributed by atoms with E-state index in [9.17, 15) is 22.0 Å². The van der Waals surface area contributed by atoms with Gasteiger partial charge in [0.1, 0.15) is 24.1 Å². The second kappa shape index (κ2) is 13.9. The number of nitrogens with zero attached hydrogens (tertiary/aromatic N) is 5. The molecule has 4 fully saturated rings. The average Bonchev–Trinajstić information content (AvgIpc) is 3.01. The molecule has 47 heavy (non-hydrogen) atoms. The van der Waals surface area contributed by atoms with Crippen LogP contribution in [0.25, 0.3) is 0 Å². The van der Waals surface area contributed by atoms with Crippen LogP contribution in [0.4, 0.5) is 14.6 Å². The van der Waals surface area contributed by atoms with Crippen molar-refractivity contribution in [1.82, 2.24) is 24.5 Å². The van der Waals surface area contributed by atoms with Gasteiger partial charge >= 0.3 is 0 Å². The summed E-state index contributed by atoms with van der Waals surface area (Å²) in [6.45, 7) is 10.2. The van der Waals surface area contributed by atoms with Gasteiger partial charge in [-0.25, -0.2) is 31.9 Å². The van der Waals surface area contributed by atoms with E-state index in [4.69, 9.17) is 9.47 Å². The molecule has 1 aromatic heterocycles. The number of likely N-dealkylation sites (tertiary alicyclic amines) is 1. The minimum Gasteiger partial charge on any atom is -0.451 e. The predicted molar refractivity (Wildman–Crippen MR) is 173 cm³/mol. The van der Waals surface area contributed by atoms with Crippen LogP contribution in [0.3, 0.4) is 0 Å². The zero-order valence-corrected chi connectivity index (χ0v) is 28.2. The van der Waals surface area contributed by atoms with E-state index in [0.29, 0.717) is 18.2 Å². The largest absolute Gasteiger partial charge is 0.451 e. The monoisotopic (exact) mass is 676 g/mol. The molecule has 4 aliphatic rings. The number of alkyl halides is 1. The van der Waals surface area contributed by atoms with Crippen LogP contribution in [0.2, 0.25) is 0 Å². The van der Waals surface area contributed by atoms with Crippen molar-refractivity contribution < 1.29 is 31.5 Å². The minimum absolute atomic E-state index is 0.0725. The Morgan fingerprint density at radius 1 is 1.19 bits per heavy atom. The summed E-state index contributed by atoms with van der Waals surface area (Å²) in [6, 6.07) is 3.31. The third-order valence-corrected chi connectivity index (χ3v) is 11.6. The van der Waals surface area contributed by atoms with Crippen molar-refractivity contribution in [2.24, 2.45) is 5.41 Å². The molecule has 4 heterocycles. The maximum absolute atomic E-state index is 14.4. The van der Waals surface area contributed by atoms with E-state index in [1.54, 1.807) is 18.0 Å². The average molecular weight is 677 g/mol. The molecule has 3 aliphatic heterocycles. The summed E-state index contributed by atoms with van der Waals surface area (Å²) in [4.78, 5) is 28.6.